The number of amides is 2. The van der Waals surface area contributed by atoms with Crippen LogP contribution >= 0.6 is 0 Å². The van der Waals surface area contributed by atoms with Crippen molar-refractivity contribution in [3.05, 3.63) is 33.7 Å². The highest BCUT2D eigenvalue weighted by molar-refractivity contribution is 6.05. The number of H-pyrrole nitrogens is 1. The Bertz CT molecular complexity index is 1400. The van der Waals surface area contributed by atoms with E-state index in [1.54, 1.807) is 10.00 Å². The molecule has 0 aliphatic carbocycles. The van der Waals surface area contributed by atoms with Crippen LogP contribution in [0.25, 0.3) is 0 Å². The van der Waals surface area contributed by atoms with Crippen molar-refractivity contribution < 1.29 is 45.4 Å². The Kier molecular flexibility index (Phi) is 8.56. The summed E-state index contributed by atoms with van der Waals surface area (Å²) in [5.41, 5.74) is -4.47. The number of ether oxygens (including phenoxy) is 2. The Balaban J connectivity index is 1.34. The van der Waals surface area contributed by atoms with Gasteiger partial charge in [-0.3, -0.25) is 14.4 Å². The Morgan fingerprint density at radius 3 is 2.55 bits per heavy atom. The van der Waals surface area contributed by atoms with Gasteiger partial charge in [-0.15, -0.1) is 0 Å². The van der Waals surface area contributed by atoms with Crippen molar-refractivity contribution in [1.82, 2.24) is 20.1 Å². The lowest BCUT2D eigenvalue weighted by atomic mass is 10.0. The van der Waals surface area contributed by atoms with E-state index < -0.39 is 58.6 Å². The number of rotatable bonds is 8. The van der Waals surface area contributed by atoms with E-state index in [-0.39, 0.29) is 56.7 Å². The predicted molar refractivity (Wildman–Crippen MR) is 135 cm³/mol. The lowest BCUT2D eigenvalue weighted by Gasteiger charge is -2.46. The zero-order chi connectivity index (χ0) is 31.0. The third-order valence-electron chi connectivity index (χ3n) is 6.80. The molecule has 0 bridgehead atoms. The molecule has 2 aliphatic heterocycles. The van der Waals surface area contributed by atoms with E-state index in [2.05, 4.69) is 15.4 Å². The number of methoxy groups -OCH3 is 1. The molecule has 2 aromatic rings. The minimum Gasteiger partial charge on any atom is -0.481 e. The zero-order valence-electron chi connectivity index (χ0n) is 22.6. The second-order valence-electron chi connectivity index (χ2n) is 9.69. The molecule has 1 saturated heterocycles. The van der Waals surface area contributed by atoms with Gasteiger partial charge in [0.05, 0.1) is 50.9 Å². The standard InChI is InChI=1S/C24H27F6N7O5/c1-12(32-14-9-31-34-20(39)18(14)24(28,29)30)11-42-7-4-17(38)36-5-6-37-16(10-36)22(40)35(2)15-8-13(23(25,26)27)21(41-3)33-19(15)37/h8-9,12,16H,4-7,10-11H2,1-3H3,(H2,32,34,39)/t12-,16-/m0/s1. The van der Waals surface area contributed by atoms with Crippen LogP contribution in [0.1, 0.15) is 24.5 Å². The number of fused-ring (bicyclic) bond motifs is 3. The number of likely N-dealkylation sites (N-methyl/N-ethyl adjacent to an activating group) is 1. The summed E-state index contributed by atoms with van der Waals surface area (Å²) in [5, 5.41) is 7.65. The fourth-order valence-corrected chi connectivity index (χ4v) is 4.78. The Labute approximate surface area is 234 Å². The van der Waals surface area contributed by atoms with Crippen LogP contribution < -0.4 is 25.4 Å². The molecule has 0 spiro atoms. The SMILES string of the molecule is COc1nc2c(cc1C(F)(F)F)N(C)C(=O)[C@@H]1CN(C(=O)CCOC[C@H](C)Nc3cn[nH]c(=O)c3C(F)(F)F)CCN21. The van der Waals surface area contributed by atoms with Crippen molar-refractivity contribution in [3.8, 4) is 5.88 Å². The first-order valence-electron chi connectivity index (χ1n) is 12.6. The normalized spacial score (nSPS) is 18.0. The largest absolute Gasteiger partial charge is 0.481 e. The van der Waals surface area contributed by atoms with Crippen molar-refractivity contribution in [2.24, 2.45) is 0 Å². The van der Waals surface area contributed by atoms with E-state index in [0.717, 1.165) is 24.3 Å². The van der Waals surface area contributed by atoms with Crippen LogP contribution in [0, 0.1) is 0 Å². The molecule has 230 valence electrons. The molecule has 4 heterocycles. The van der Waals surface area contributed by atoms with Gasteiger partial charge in [-0.25, -0.2) is 5.10 Å². The molecular weight excluding hydrogens is 580 g/mol. The second kappa shape index (κ2) is 11.7. The lowest BCUT2D eigenvalue weighted by molar-refractivity contribution is -0.139. The van der Waals surface area contributed by atoms with Crippen molar-refractivity contribution in [1.29, 1.82) is 0 Å². The number of halogens is 6. The number of alkyl halides is 6. The van der Waals surface area contributed by atoms with Gasteiger partial charge in [-0.2, -0.15) is 36.4 Å². The summed E-state index contributed by atoms with van der Waals surface area (Å²) in [6.07, 6.45) is -8.91. The molecule has 0 radical (unpaired) electrons. The van der Waals surface area contributed by atoms with E-state index in [4.69, 9.17) is 9.47 Å². The maximum absolute atomic E-state index is 13.5. The summed E-state index contributed by atoms with van der Waals surface area (Å²) in [6.45, 7) is 1.58. The zero-order valence-corrected chi connectivity index (χ0v) is 22.6. The number of nitrogens with one attached hydrogen (secondary N) is 2. The van der Waals surface area contributed by atoms with Crippen molar-refractivity contribution in [3.63, 3.8) is 0 Å². The van der Waals surface area contributed by atoms with E-state index in [0.29, 0.717) is 0 Å². The van der Waals surface area contributed by atoms with Crippen LogP contribution in [-0.2, 0) is 26.7 Å². The lowest BCUT2D eigenvalue weighted by Crippen LogP contribution is -2.63. The number of carbonyl (C=O) groups is 2. The molecule has 2 aliphatic rings. The van der Waals surface area contributed by atoms with Gasteiger partial charge in [0.15, 0.2) is 5.82 Å². The topological polar surface area (TPSA) is 133 Å². The van der Waals surface area contributed by atoms with Gasteiger partial charge >= 0.3 is 12.4 Å². The van der Waals surface area contributed by atoms with Crippen LogP contribution in [0.2, 0.25) is 0 Å². The van der Waals surface area contributed by atoms with Crippen LogP contribution in [0.15, 0.2) is 17.1 Å². The average Bonchev–Trinajstić information content (AvgIpc) is 2.91. The number of aromatic amines is 1. The van der Waals surface area contributed by atoms with E-state index in [1.807, 2.05) is 0 Å². The molecule has 2 atom stereocenters. The summed E-state index contributed by atoms with van der Waals surface area (Å²) in [6, 6.07) is -0.744. The monoisotopic (exact) mass is 607 g/mol. The first kappa shape index (κ1) is 30.9. The Morgan fingerprint density at radius 2 is 1.90 bits per heavy atom. The first-order chi connectivity index (χ1) is 19.6. The number of hydrogen-bond acceptors (Lipinski definition) is 9. The van der Waals surface area contributed by atoms with Gasteiger partial charge in [0.25, 0.3) is 11.5 Å². The Hall–Kier alpha value is -4.09. The molecule has 1 fully saturated rings. The third-order valence-corrected chi connectivity index (χ3v) is 6.80. The van der Waals surface area contributed by atoms with Crippen molar-refractivity contribution >= 4 is 29.0 Å². The molecule has 4 rings (SSSR count). The molecule has 42 heavy (non-hydrogen) atoms. The fourth-order valence-electron chi connectivity index (χ4n) is 4.78. The minimum atomic E-state index is -4.90. The maximum atomic E-state index is 13.5. The molecular formula is C24H27F6N7O5. The molecule has 12 nitrogen and oxygen atoms in total. The van der Waals surface area contributed by atoms with E-state index >= 15 is 0 Å². The fraction of sp³-hybridized carbons (Fsp3) is 0.542. The molecule has 2 amide bonds. The molecule has 0 saturated carbocycles. The van der Waals surface area contributed by atoms with Crippen LogP contribution in [0.5, 0.6) is 5.88 Å². The maximum Gasteiger partial charge on any atom is 0.423 e. The van der Waals surface area contributed by atoms with Gasteiger partial charge in [0.2, 0.25) is 11.8 Å². The number of aromatic nitrogens is 3. The number of nitrogens with zero attached hydrogens (tertiary/aromatic N) is 5. The van der Waals surface area contributed by atoms with E-state index in [1.165, 1.54) is 18.9 Å². The Morgan fingerprint density at radius 1 is 1.19 bits per heavy atom. The van der Waals surface area contributed by atoms with Gasteiger partial charge in [-0.05, 0) is 13.0 Å². The number of anilines is 3. The highest BCUT2D eigenvalue weighted by atomic mass is 19.4. The van der Waals surface area contributed by atoms with Crippen LogP contribution in [-0.4, -0.2) is 91.0 Å². The highest BCUT2D eigenvalue weighted by Gasteiger charge is 2.45. The molecule has 0 unspecified atom stereocenters. The van der Waals surface area contributed by atoms with Crippen LogP contribution in [0.3, 0.4) is 0 Å². The molecule has 18 heteroatoms. The first-order valence-corrected chi connectivity index (χ1v) is 12.6. The second-order valence-corrected chi connectivity index (χ2v) is 9.69. The van der Waals surface area contributed by atoms with Crippen LogP contribution in [0.4, 0.5) is 43.5 Å². The molecule has 0 aromatic carbocycles. The summed E-state index contributed by atoms with van der Waals surface area (Å²) in [4.78, 5) is 45.6. The van der Waals surface area contributed by atoms with Gasteiger partial charge in [-0.1, -0.05) is 0 Å². The van der Waals surface area contributed by atoms with Gasteiger partial charge in [0, 0.05) is 26.2 Å². The predicted octanol–water partition coefficient (Wildman–Crippen LogP) is 2.11. The van der Waals surface area contributed by atoms with Crippen molar-refractivity contribution in [2.45, 2.75) is 37.8 Å². The smallest absolute Gasteiger partial charge is 0.423 e. The van der Waals surface area contributed by atoms with Gasteiger partial charge in [0.1, 0.15) is 17.2 Å². The summed E-state index contributed by atoms with van der Waals surface area (Å²) in [5.74, 6) is -1.36. The van der Waals surface area contributed by atoms with Crippen molar-refractivity contribution in [2.75, 3.05) is 62.1 Å². The third kappa shape index (κ3) is 6.22. The average molecular weight is 608 g/mol. The highest BCUT2D eigenvalue weighted by Crippen LogP contribution is 2.43. The number of carbonyl (C=O) groups excluding carboxylic acids is 2. The summed E-state index contributed by atoms with van der Waals surface area (Å²) >= 11 is 0. The number of piperazine rings is 1. The summed E-state index contributed by atoms with van der Waals surface area (Å²) < 4.78 is 90.4. The van der Waals surface area contributed by atoms with E-state index in [9.17, 15) is 40.7 Å². The quantitative estimate of drug-likeness (QED) is 0.342. The number of pyridine rings is 1. The summed E-state index contributed by atoms with van der Waals surface area (Å²) in [7, 11) is 2.39. The molecule has 2 N–H and O–H groups in total. The number of hydrogen-bond donors (Lipinski definition) is 2. The minimum absolute atomic E-state index is 0.0291. The molecule has 2 aromatic heterocycles. The van der Waals surface area contributed by atoms with Gasteiger partial charge < -0.3 is 29.5 Å².